The van der Waals surface area contributed by atoms with Crippen LogP contribution in [0.4, 0.5) is 5.82 Å². The second-order valence-electron chi connectivity index (χ2n) is 3.45. The lowest BCUT2D eigenvalue weighted by Crippen LogP contribution is -2.22. The van der Waals surface area contributed by atoms with Gasteiger partial charge in [0.25, 0.3) is 0 Å². The molecular weight excluding hydrogens is 190 g/mol. The van der Waals surface area contributed by atoms with Gasteiger partial charge in [0.1, 0.15) is 12.1 Å². The molecule has 4 heteroatoms. The van der Waals surface area contributed by atoms with Crippen LogP contribution in [0.5, 0.6) is 0 Å². The van der Waals surface area contributed by atoms with Crippen LogP contribution in [0.3, 0.4) is 0 Å². The Balaban J connectivity index is 2.48. The fourth-order valence-electron chi connectivity index (χ4n) is 1.26. The van der Waals surface area contributed by atoms with Gasteiger partial charge in [-0.1, -0.05) is 6.92 Å². The quantitative estimate of drug-likeness (QED) is 0.777. The number of hydrogen-bond donors (Lipinski definition) is 1. The van der Waals surface area contributed by atoms with E-state index in [0.29, 0.717) is 6.61 Å². The van der Waals surface area contributed by atoms with E-state index in [4.69, 9.17) is 4.74 Å². The van der Waals surface area contributed by atoms with E-state index in [2.05, 4.69) is 29.1 Å². The van der Waals surface area contributed by atoms with E-state index in [1.807, 2.05) is 13.0 Å². The Hall–Kier alpha value is -1.16. The Labute approximate surface area is 91.1 Å². The minimum atomic E-state index is 0.268. The Bertz CT molecular complexity index is 291. The van der Waals surface area contributed by atoms with Gasteiger partial charge in [-0.25, -0.2) is 9.97 Å². The van der Waals surface area contributed by atoms with Crippen molar-refractivity contribution in [1.82, 2.24) is 9.97 Å². The molecule has 1 rings (SSSR count). The van der Waals surface area contributed by atoms with Gasteiger partial charge in [0.05, 0.1) is 6.61 Å². The minimum absolute atomic E-state index is 0.268. The zero-order valence-electron chi connectivity index (χ0n) is 9.66. The summed E-state index contributed by atoms with van der Waals surface area (Å²) in [7, 11) is 0. The number of aryl methyl sites for hydroxylation is 1. The molecule has 0 saturated carbocycles. The van der Waals surface area contributed by atoms with Crippen molar-refractivity contribution in [2.75, 3.05) is 18.5 Å². The van der Waals surface area contributed by atoms with Crippen LogP contribution in [0.25, 0.3) is 0 Å². The zero-order chi connectivity index (χ0) is 11.1. The molecule has 1 N–H and O–H groups in total. The third-order valence-corrected chi connectivity index (χ3v) is 2.05. The molecule has 0 saturated heterocycles. The molecule has 0 aliphatic heterocycles. The molecule has 0 radical (unpaired) electrons. The normalized spacial score (nSPS) is 12.5. The largest absolute Gasteiger partial charge is 0.380 e. The lowest BCUT2D eigenvalue weighted by molar-refractivity contribution is 0.141. The van der Waals surface area contributed by atoms with E-state index < -0.39 is 0 Å². The molecule has 4 nitrogen and oxygen atoms in total. The van der Waals surface area contributed by atoms with Gasteiger partial charge in [0, 0.05) is 24.4 Å². The van der Waals surface area contributed by atoms with Crippen molar-refractivity contribution >= 4 is 5.82 Å². The second-order valence-corrected chi connectivity index (χ2v) is 3.45. The first-order valence-corrected chi connectivity index (χ1v) is 5.41. The topological polar surface area (TPSA) is 47.0 Å². The predicted molar refractivity (Wildman–Crippen MR) is 61.0 cm³/mol. The first-order valence-electron chi connectivity index (χ1n) is 5.41. The highest BCUT2D eigenvalue weighted by molar-refractivity contribution is 5.35. The Morgan fingerprint density at radius 3 is 2.87 bits per heavy atom. The predicted octanol–water partition coefficient (Wildman–Crippen LogP) is 1.88. The molecule has 15 heavy (non-hydrogen) atoms. The van der Waals surface area contributed by atoms with Gasteiger partial charge < -0.3 is 10.1 Å². The smallest absolute Gasteiger partial charge is 0.129 e. The van der Waals surface area contributed by atoms with Crippen LogP contribution in [0.15, 0.2) is 12.4 Å². The third kappa shape index (κ3) is 4.25. The average molecular weight is 209 g/mol. The lowest BCUT2D eigenvalue weighted by atomic mass is 10.3. The summed E-state index contributed by atoms with van der Waals surface area (Å²) in [5.41, 5.74) is 1.05. The molecule has 1 aromatic heterocycles. The SMILES string of the molecule is CCOCC(C)Nc1cc(CC)ncn1. The number of rotatable bonds is 6. The van der Waals surface area contributed by atoms with Crippen molar-refractivity contribution in [3.63, 3.8) is 0 Å². The summed E-state index contributed by atoms with van der Waals surface area (Å²) < 4.78 is 5.32. The summed E-state index contributed by atoms with van der Waals surface area (Å²) in [4.78, 5) is 8.30. The maximum absolute atomic E-state index is 5.32. The molecule has 1 aromatic rings. The van der Waals surface area contributed by atoms with Crippen LogP contribution < -0.4 is 5.32 Å². The second kappa shape index (κ2) is 6.35. The van der Waals surface area contributed by atoms with E-state index >= 15 is 0 Å². The van der Waals surface area contributed by atoms with Gasteiger partial charge in [-0.05, 0) is 20.3 Å². The van der Waals surface area contributed by atoms with E-state index in [-0.39, 0.29) is 6.04 Å². The van der Waals surface area contributed by atoms with Crippen LogP contribution in [-0.2, 0) is 11.2 Å². The summed E-state index contributed by atoms with van der Waals surface area (Å²) in [6, 6.07) is 2.24. The summed E-state index contributed by atoms with van der Waals surface area (Å²) >= 11 is 0. The molecular formula is C11H19N3O. The summed E-state index contributed by atoms with van der Waals surface area (Å²) in [6.45, 7) is 7.59. The van der Waals surface area contributed by atoms with Crippen LogP contribution >= 0.6 is 0 Å². The molecule has 0 bridgehead atoms. The van der Waals surface area contributed by atoms with Gasteiger partial charge in [-0.15, -0.1) is 0 Å². The first kappa shape index (κ1) is 11.9. The number of anilines is 1. The average Bonchev–Trinajstić information content (AvgIpc) is 2.26. The zero-order valence-corrected chi connectivity index (χ0v) is 9.66. The number of hydrogen-bond acceptors (Lipinski definition) is 4. The molecule has 84 valence electrons. The molecule has 0 aromatic carbocycles. The van der Waals surface area contributed by atoms with Crippen molar-refractivity contribution in [2.45, 2.75) is 33.2 Å². The summed E-state index contributed by atoms with van der Waals surface area (Å²) in [6.07, 6.45) is 2.52. The first-order chi connectivity index (χ1) is 7.26. The molecule has 1 unspecified atom stereocenters. The highest BCUT2D eigenvalue weighted by Crippen LogP contribution is 2.06. The molecule has 0 fully saturated rings. The summed E-state index contributed by atoms with van der Waals surface area (Å²) in [5.74, 6) is 0.869. The van der Waals surface area contributed by atoms with Crippen LogP contribution in [0, 0.1) is 0 Å². The van der Waals surface area contributed by atoms with Crippen molar-refractivity contribution < 1.29 is 4.74 Å². The third-order valence-electron chi connectivity index (χ3n) is 2.05. The number of aromatic nitrogens is 2. The Kier molecular flexibility index (Phi) is 5.04. The van der Waals surface area contributed by atoms with Crippen LogP contribution in [0.1, 0.15) is 26.5 Å². The van der Waals surface area contributed by atoms with Gasteiger partial charge >= 0.3 is 0 Å². The number of nitrogens with one attached hydrogen (secondary N) is 1. The monoisotopic (exact) mass is 209 g/mol. The number of nitrogens with zero attached hydrogens (tertiary/aromatic N) is 2. The highest BCUT2D eigenvalue weighted by Gasteiger charge is 2.03. The molecule has 0 spiro atoms. The maximum atomic E-state index is 5.32. The van der Waals surface area contributed by atoms with E-state index in [9.17, 15) is 0 Å². The van der Waals surface area contributed by atoms with E-state index in [1.54, 1.807) is 6.33 Å². The Morgan fingerprint density at radius 1 is 1.40 bits per heavy atom. The highest BCUT2D eigenvalue weighted by atomic mass is 16.5. The fraction of sp³-hybridized carbons (Fsp3) is 0.636. The van der Waals surface area contributed by atoms with Crippen LogP contribution in [-0.4, -0.2) is 29.2 Å². The van der Waals surface area contributed by atoms with Gasteiger partial charge in [0.2, 0.25) is 0 Å². The molecule has 0 amide bonds. The standard InChI is InChI=1S/C11H19N3O/c1-4-10-6-11(13-8-12-10)14-9(3)7-15-5-2/h6,8-9H,4-5,7H2,1-3H3,(H,12,13,14). The van der Waals surface area contributed by atoms with Crippen molar-refractivity contribution in [3.8, 4) is 0 Å². The fourth-order valence-corrected chi connectivity index (χ4v) is 1.26. The van der Waals surface area contributed by atoms with Gasteiger partial charge in [-0.2, -0.15) is 0 Å². The maximum Gasteiger partial charge on any atom is 0.129 e. The molecule has 1 heterocycles. The molecule has 0 aliphatic carbocycles. The van der Waals surface area contributed by atoms with E-state index in [0.717, 1.165) is 24.5 Å². The summed E-state index contributed by atoms with van der Waals surface area (Å²) in [5, 5.41) is 3.28. The van der Waals surface area contributed by atoms with Gasteiger partial charge in [0.15, 0.2) is 0 Å². The Morgan fingerprint density at radius 2 is 2.20 bits per heavy atom. The minimum Gasteiger partial charge on any atom is -0.380 e. The van der Waals surface area contributed by atoms with E-state index in [1.165, 1.54) is 0 Å². The van der Waals surface area contributed by atoms with Crippen LogP contribution in [0.2, 0.25) is 0 Å². The van der Waals surface area contributed by atoms with Crippen molar-refractivity contribution in [2.24, 2.45) is 0 Å². The molecule has 1 atom stereocenters. The van der Waals surface area contributed by atoms with Crippen molar-refractivity contribution in [3.05, 3.63) is 18.1 Å². The lowest BCUT2D eigenvalue weighted by Gasteiger charge is -2.14. The number of ether oxygens (including phenoxy) is 1. The molecule has 0 aliphatic rings. The van der Waals surface area contributed by atoms with Crippen molar-refractivity contribution in [1.29, 1.82) is 0 Å². The van der Waals surface area contributed by atoms with Gasteiger partial charge in [-0.3, -0.25) is 0 Å².